The second-order valence-electron chi connectivity index (χ2n) is 3.85. The Labute approximate surface area is 87.5 Å². The third kappa shape index (κ3) is 2.77. The molecule has 12 heavy (non-hydrogen) atoms. The van der Waals surface area contributed by atoms with Gasteiger partial charge in [-0.3, -0.25) is 4.68 Å². The van der Waals surface area contributed by atoms with Gasteiger partial charge in [0.2, 0.25) is 0 Å². The molecule has 0 aliphatic carbocycles. The van der Waals surface area contributed by atoms with Crippen LogP contribution < -0.4 is 0 Å². The molecule has 1 heterocycles. The Hall–Kier alpha value is -0.0600. The number of halogens is 1. The van der Waals surface area contributed by atoms with Crippen LogP contribution in [-0.4, -0.2) is 9.78 Å². The molecule has 0 aliphatic rings. The molecular weight excluding hydrogens is 263 g/mol. The first-order valence-electron chi connectivity index (χ1n) is 4.22. The Morgan fingerprint density at radius 2 is 2.25 bits per heavy atom. The van der Waals surface area contributed by atoms with Crippen molar-refractivity contribution in [3.63, 3.8) is 0 Å². The zero-order valence-electron chi connectivity index (χ0n) is 7.84. The number of nitrogens with zero attached hydrogens (tertiary/aromatic N) is 2. The van der Waals surface area contributed by atoms with Gasteiger partial charge in [-0.05, 0) is 40.5 Å². The second kappa shape index (κ2) is 3.77. The Kier molecular flexibility index (Phi) is 3.15. The fourth-order valence-corrected chi connectivity index (χ4v) is 1.41. The van der Waals surface area contributed by atoms with E-state index in [4.69, 9.17) is 0 Å². The minimum atomic E-state index is 0.356. The van der Waals surface area contributed by atoms with Gasteiger partial charge in [0.05, 0.1) is 0 Å². The topological polar surface area (TPSA) is 17.8 Å². The van der Waals surface area contributed by atoms with Crippen molar-refractivity contribution in [1.82, 2.24) is 9.78 Å². The first kappa shape index (κ1) is 10.0. The molecule has 0 aromatic carbocycles. The number of hydrogen-bond acceptors (Lipinski definition) is 1. The van der Waals surface area contributed by atoms with Gasteiger partial charge in [0.15, 0.2) is 0 Å². The van der Waals surface area contributed by atoms with Crippen molar-refractivity contribution in [3.8, 4) is 0 Å². The van der Waals surface area contributed by atoms with Crippen LogP contribution in [0.25, 0.3) is 0 Å². The lowest BCUT2D eigenvalue weighted by molar-refractivity contribution is 0.280. The van der Waals surface area contributed by atoms with Crippen molar-refractivity contribution in [1.29, 1.82) is 0 Å². The zero-order valence-corrected chi connectivity index (χ0v) is 10.00. The Bertz CT molecular complexity index is 253. The highest BCUT2D eigenvalue weighted by molar-refractivity contribution is 14.1. The van der Waals surface area contributed by atoms with Crippen LogP contribution in [0.2, 0.25) is 0 Å². The fourth-order valence-electron chi connectivity index (χ4n) is 0.975. The SMILES string of the molecule is CCC(C)(C)Cn1ccc(I)n1. The molecule has 3 heteroatoms. The monoisotopic (exact) mass is 278 g/mol. The van der Waals surface area contributed by atoms with E-state index in [0.717, 1.165) is 10.2 Å². The first-order valence-corrected chi connectivity index (χ1v) is 5.30. The summed E-state index contributed by atoms with van der Waals surface area (Å²) in [6.07, 6.45) is 3.22. The van der Waals surface area contributed by atoms with Crippen LogP contribution in [0.3, 0.4) is 0 Å². The molecule has 2 nitrogen and oxygen atoms in total. The summed E-state index contributed by atoms with van der Waals surface area (Å²) in [6, 6.07) is 2.03. The van der Waals surface area contributed by atoms with Crippen molar-refractivity contribution in [2.45, 2.75) is 33.7 Å². The van der Waals surface area contributed by atoms with Crippen molar-refractivity contribution >= 4 is 22.6 Å². The van der Waals surface area contributed by atoms with Crippen LogP contribution in [0, 0.1) is 9.12 Å². The third-order valence-corrected chi connectivity index (χ3v) is 2.73. The van der Waals surface area contributed by atoms with Crippen molar-refractivity contribution in [2.24, 2.45) is 5.41 Å². The summed E-state index contributed by atoms with van der Waals surface area (Å²) in [6.45, 7) is 7.75. The standard InChI is InChI=1S/C9H15IN2/c1-4-9(2,3)7-12-6-5-8(10)11-12/h5-6H,4,7H2,1-3H3. The van der Waals surface area contributed by atoms with Crippen LogP contribution >= 0.6 is 22.6 Å². The van der Waals surface area contributed by atoms with E-state index in [1.165, 1.54) is 6.42 Å². The number of rotatable bonds is 3. The van der Waals surface area contributed by atoms with Crippen molar-refractivity contribution in [3.05, 3.63) is 16.0 Å². The van der Waals surface area contributed by atoms with Gasteiger partial charge in [0.1, 0.15) is 3.70 Å². The minimum Gasteiger partial charge on any atom is -0.271 e. The maximum absolute atomic E-state index is 4.35. The quantitative estimate of drug-likeness (QED) is 0.777. The molecule has 0 bridgehead atoms. The lowest BCUT2D eigenvalue weighted by atomic mass is 9.90. The van der Waals surface area contributed by atoms with Crippen LogP contribution in [0.1, 0.15) is 27.2 Å². The van der Waals surface area contributed by atoms with Crippen LogP contribution in [0.4, 0.5) is 0 Å². The summed E-state index contributed by atoms with van der Waals surface area (Å²) in [5, 5.41) is 4.35. The van der Waals surface area contributed by atoms with Crippen LogP contribution in [0.5, 0.6) is 0 Å². The molecule has 0 aliphatic heterocycles. The Morgan fingerprint density at radius 3 is 2.67 bits per heavy atom. The predicted molar refractivity (Wildman–Crippen MR) is 59.0 cm³/mol. The summed E-state index contributed by atoms with van der Waals surface area (Å²) in [7, 11) is 0. The van der Waals surface area contributed by atoms with E-state index >= 15 is 0 Å². The average Bonchev–Trinajstić information content (AvgIpc) is 2.35. The molecule has 0 unspecified atom stereocenters. The Morgan fingerprint density at radius 1 is 1.58 bits per heavy atom. The van der Waals surface area contributed by atoms with Gasteiger partial charge in [0.25, 0.3) is 0 Å². The van der Waals surface area contributed by atoms with E-state index in [0.29, 0.717) is 5.41 Å². The van der Waals surface area contributed by atoms with E-state index in [-0.39, 0.29) is 0 Å². The van der Waals surface area contributed by atoms with Crippen LogP contribution in [0.15, 0.2) is 12.3 Å². The van der Waals surface area contributed by atoms with E-state index in [1.54, 1.807) is 0 Å². The predicted octanol–water partition coefficient (Wildman–Crippen LogP) is 2.92. The molecule has 0 N–H and O–H groups in total. The van der Waals surface area contributed by atoms with Crippen molar-refractivity contribution in [2.75, 3.05) is 0 Å². The second-order valence-corrected chi connectivity index (χ2v) is 4.96. The molecule has 0 saturated carbocycles. The zero-order chi connectivity index (χ0) is 9.19. The van der Waals surface area contributed by atoms with Gasteiger partial charge < -0.3 is 0 Å². The highest BCUT2D eigenvalue weighted by Crippen LogP contribution is 2.21. The molecule has 1 rings (SSSR count). The van der Waals surface area contributed by atoms with Gasteiger partial charge >= 0.3 is 0 Å². The van der Waals surface area contributed by atoms with Gasteiger partial charge in [-0.15, -0.1) is 0 Å². The first-order chi connectivity index (χ1) is 5.53. The summed E-state index contributed by atoms with van der Waals surface area (Å²) in [5.41, 5.74) is 0.356. The molecule has 68 valence electrons. The van der Waals surface area contributed by atoms with E-state index in [2.05, 4.69) is 48.5 Å². The van der Waals surface area contributed by atoms with Gasteiger partial charge in [0, 0.05) is 12.7 Å². The fraction of sp³-hybridized carbons (Fsp3) is 0.667. The molecule has 1 aromatic heterocycles. The highest BCUT2D eigenvalue weighted by Gasteiger charge is 2.15. The highest BCUT2D eigenvalue weighted by atomic mass is 127. The third-order valence-electron chi connectivity index (χ3n) is 2.16. The Balaban J connectivity index is 2.63. The summed E-state index contributed by atoms with van der Waals surface area (Å²) < 4.78 is 3.09. The number of aromatic nitrogens is 2. The molecule has 0 saturated heterocycles. The average molecular weight is 278 g/mol. The molecule has 0 fully saturated rings. The molecule has 0 spiro atoms. The molecule has 0 atom stereocenters. The smallest absolute Gasteiger partial charge is 0.123 e. The van der Waals surface area contributed by atoms with Crippen molar-refractivity contribution < 1.29 is 0 Å². The molecule has 1 aromatic rings. The maximum Gasteiger partial charge on any atom is 0.123 e. The maximum atomic E-state index is 4.35. The van der Waals surface area contributed by atoms with E-state index in [1.807, 2.05) is 16.9 Å². The normalized spacial score (nSPS) is 12.0. The minimum absolute atomic E-state index is 0.356. The summed E-state index contributed by atoms with van der Waals surface area (Å²) in [5.74, 6) is 0. The molecule has 0 amide bonds. The van der Waals surface area contributed by atoms with Gasteiger partial charge in [-0.25, -0.2) is 0 Å². The largest absolute Gasteiger partial charge is 0.271 e. The summed E-state index contributed by atoms with van der Waals surface area (Å²) in [4.78, 5) is 0. The van der Waals surface area contributed by atoms with E-state index in [9.17, 15) is 0 Å². The number of hydrogen-bond donors (Lipinski definition) is 0. The molecular formula is C9H15IN2. The van der Waals surface area contributed by atoms with E-state index < -0.39 is 0 Å². The van der Waals surface area contributed by atoms with Gasteiger partial charge in [-0.2, -0.15) is 5.10 Å². The summed E-state index contributed by atoms with van der Waals surface area (Å²) >= 11 is 2.23. The van der Waals surface area contributed by atoms with Crippen LogP contribution in [-0.2, 0) is 6.54 Å². The van der Waals surface area contributed by atoms with Gasteiger partial charge in [-0.1, -0.05) is 20.8 Å². The lowest BCUT2D eigenvalue weighted by Crippen LogP contribution is -2.18. The molecule has 0 radical (unpaired) electrons. The lowest BCUT2D eigenvalue weighted by Gasteiger charge is -2.21.